The summed E-state index contributed by atoms with van der Waals surface area (Å²) in [5.41, 5.74) is 0. The summed E-state index contributed by atoms with van der Waals surface area (Å²) >= 11 is 0. The summed E-state index contributed by atoms with van der Waals surface area (Å²) in [4.78, 5) is 31.4. The largest absolute Gasteiger partial charge is 0.381 e. The second-order valence-corrected chi connectivity index (χ2v) is 12.5. The molecule has 3 heterocycles. The molecule has 7 unspecified atom stereocenters. The van der Waals surface area contributed by atoms with Gasteiger partial charge in [-0.3, -0.25) is 19.4 Å². The first kappa shape index (κ1) is 30.7. The van der Waals surface area contributed by atoms with Gasteiger partial charge in [0.15, 0.2) is 0 Å². The molecule has 0 aromatic carbocycles. The fraction of sp³-hybridized carbons (Fsp3) is 0.933. The zero-order valence-electron chi connectivity index (χ0n) is 24.9. The summed E-state index contributed by atoms with van der Waals surface area (Å²) in [5.74, 6) is 0.338. The van der Waals surface area contributed by atoms with Crippen molar-refractivity contribution in [3.8, 4) is 0 Å². The number of nitrogens with zero attached hydrogens (tertiary/aromatic N) is 2. The van der Waals surface area contributed by atoms with E-state index in [0.29, 0.717) is 18.6 Å². The molecule has 3 saturated heterocycles. The minimum atomic E-state index is -0.165. The van der Waals surface area contributed by atoms with Gasteiger partial charge in [-0.05, 0) is 63.8 Å². The van der Waals surface area contributed by atoms with Crippen molar-refractivity contribution in [3.63, 3.8) is 0 Å². The first-order valence-corrected chi connectivity index (χ1v) is 15.7. The van der Waals surface area contributed by atoms with Crippen LogP contribution < -0.4 is 10.6 Å². The predicted octanol–water partition coefficient (Wildman–Crippen LogP) is 2.29. The van der Waals surface area contributed by atoms with Gasteiger partial charge in [-0.2, -0.15) is 0 Å². The van der Waals surface area contributed by atoms with Crippen LogP contribution in [0.2, 0.25) is 0 Å². The Morgan fingerprint density at radius 2 is 1.79 bits per heavy atom. The van der Waals surface area contributed by atoms with Crippen molar-refractivity contribution in [2.75, 3.05) is 65.8 Å². The van der Waals surface area contributed by atoms with E-state index in [0.717, 1.165) is 97.7 Å². The summed E-state index contributed by atoms with van der Waals surface area (Å²) in [6, 6.07) is 0.989. The van der Waals surface area contributed by atoms with Crippen LogP contribution in [0.25, 0.3) is 0 Å². The van der Waals surface area contributed by atoms with Gasteiger partial charge in [-0.1, -0.05) is 20.8 Å². The fourth-order valence-corrected chi connectivity index (χ4v) is 7.43. The molecule has 3 aliphatic heterocycles. The zero-order chi connectivity index (χ0) is 27.8. The van der Waals surface area contributed by atoms with Gasteiger partial charge < -0.3 is 24.8 Å². The van der Waals surface area contributed by atoms with Crippen molar-refractivity contribution in [3.05, 3.63) is 0 Å². The molecule has 2 amide bonds. The smallest absolute Gasteiger partial charge is 0.225 e. The van der Waals surface area contributed by atoms with Crippen LogP contribution in [-0.4, -0.2) is 112 Å². The van der Waals surface area contributed by atoms with Gasteiger partial charge in [0.05, 0.1) is 25.2 Å². The van der Waals surface area contributed by atoms with E-state index in [1.807, 2.05) is 6.92 Å². The third-order valence-electron chi connectivity index (χ3n) is 9.76. The molecule has 7 atom stereocenters. The summed E-state index contributed by atoms with van der Waals surface area (Å²) in [6.45, 7) is 17.1. The number of ether oxygens (including phenoxy) is 3. The predicted molar refractivity (Wildman–Crippen MR) is 151 cm³/mol. The van der Waals surface area contributed by atoms with E-state index in [2.05, 4.69) is 41.2 Å². The SMILES string of the molecule is CCN(C1CCOCC1)C1CC(OCCCN2CCOCC2)CC(C(=O)NCC2C(=O)NC(C)CC2C)C1C. The first-order chi connectivity index (χ1) is 18.9. The van der Waals surface area contributed by atoms with E-state index < -0.39 is 0 Å². The number of carbonyl (C=O) groups is 2. The summed E-state index contributed by atoms with van der Waals surface area (Å²) < 4.78 is 17.6. The third-order valence-corrected chi connectivity index (χ3v) is 9.76. The molecule has 2 N–H and O–H groups in total. The molecule has 4 fully saturated rings. The van der Waals surface area contributed by atoms with E-state index in [4.69, 9.17) is 14.2 Å². The van der Waals surface area contributed by atoms with E-state index in [9.17, 15) is 9.59 Å². The Labute approximate surface area is 236 Å². The van der Waals surface area contributed by atoms with Crippen molar-refractivity contribution in [2.45, 2.75) is 90.4 Å². The lowest BCUT2D eigenvalue weighted by Gasteiger charge is -2.48. The molecule has 4 aliphatic rings. The highest BCUT2D eigenvalue weighted by atomic mass is 16.5. The Morgan fingerprint density at radius 1 is 1.08 bits per heavy atom. The Bertz CT molecular complexity index is 772. The maximum atomic E-state index is 13.7. The number of hydrogen-bond acceptors (Lipinski definition) is 7. The fourth-order valence-electron chi connectivity index (χ4n) is 7.43. The standard InChI is InChI=1S/C30H54N4O5/c1-5-34(24-7-13-37-14-8-24)28-19-25(39-12-6-9-33-10-15-38-16-11-33)18-26(23(28)4)29(35)31-20-27-21(2)17-22(3)32-30(27)36/h21-28H,5-20H2,1-4H3,(H,31,35)(H,32,36). The van der Waals surface area contributed by atoms with Gasteiger partial charge in [-0.15, -0.1) is 0 Å². The maximum Gasteiger partial charge on any atom is 0.225 e. The molecule has 0 aromatic heterocycles. The van der Waals surface area contributed by atoms with E-state index in [-0.39, 0.29) is 47.6 Å². The number of hydrogen-bond donors (Lipinski definition) is 2. The second-order valence-electron chi connectivity index (χ2n) is 12.5. The van der Waals surface area contributed by atoms with Gasteiger partial charge in [0.2, 0.25) is 11.8 Å². The lowest BCUT2D eigenvalue weighted by Crippen LogP contribution is -2.56. The molecular formula is C30H54N4O5. The Morgan fingerprint density at radius 3 is 2.49 bits per heavy atom. The van der Waals surface area contributed by atoms with Crippen molar-refractivity contribution in [2.24, 2.45) is 23.7 Å². The van der Waals surface area contributed by atoms with Crippen molar-refractivity contribution >= 4 is 11.8 Å². The highest BCUT2D eigenvalue weighted by Gasteiger charge is 2.43. The topological polar surface area (TPSA) is 92.4 Å². The van der Waals surface area contributed by atoms with Crippen LogP contribution in [-0.2, 0) is 23.8 Å². The van der Waals surface area contributed by atoms with Gasteiger partial charge in [0.25, 0.3) is 0 Å². The molecule has 0 aromatic rings. The molecule has 39 heavy (non-hydrogen) atoms. The normalized spacial score (nSPS) is 35.1. The Balaban J connectivity index is 1.38. The molecule has 0 bridgehead atoms. The average Bonchev–Trinajstić information content (AvgIpc) is 2.93. The number of morpholine rings is 1. The molecule has 9 nitrogen and oxygen atoms in total. The molecular weight excluding hydrogens is 496 g/mol. The summed E-state index contributed by atoms with van der Waals surface area (Å²) in [5, 5.41) is 6.26. The first-order valence-electron chi connectivity index (χ1n) is 15.7. The van der Waals surface area contributed by atoms with Gasteiger partial charge in [0.1, 0.15) is 0 Å². The van der Waals surface area contributed by atoms with Crippen LogP contribution in [0.15, 0.2) is 0 Å². The second kappa shape index (κ2) is 15.1. The molecule has 4 rings (SSSR count). The maximum absolute atomic E-state index is 13.7. The van der Waals surface area contributed by atoms with E-state index in [1.54, 1.807) is 0 Å². The summed E-state index contributed by atoms with van der Waals surface area (Å²) in [6.07, 6.45) is 5.82. The number of nitrogens with one attached hydrogen (secondary N) is 2. The Hall–Kier alpha value is -1.26. The van der Waals surface area contributed by atoms with Crippen LogP contribution in [0.1, 0.15) is 66.2 Å². The quantitative estimate of drug-likeness (QED) is 0.382. The number of amides is 2. The number of carbonyl (C=O) groups excluding carboxylic acids is 2. The minimum absolute atomic E-state index is 0.0641. The van der Waals surface area contributed by atoms with Crippen LogP contribution in [0.4, 0.5) is 0 Å². The van der Waals surface area contributed by atoms with Gasteiger partial charge >= 0.3 is 0 Å². The number of piperidine rings is 1. The lowest BCUT2D eigenvalue weighted by atomic mass is 9.73. The molecule has 0 radical (unpaired) electrons. The third kappa shape index (κ3) is 8.38. The lowest BCUT2D eigenvalue weighted by molar-refractivity contribution is -0.136. The van der Waals surface area contributed by atoms with Crippen LogP contribution in [0.3, 0.4) is 0 Å². The zero-order valence-corrected chi connectivity index (χ0v) is 24.9. The molecule has 0 spiro atoms. The number of rotatable bonds is 11. The molecule has 9 heteroatoms. The van der Waals surface area contributed by atoms with Crippen LogP contribution >= 0.6 is 0 Å². The monoisotopic (exact) mass is 550 g/mol. The molecule has 1 aliphatic carbocycles. The Kier molecular flexibility index (Phi) is 11.9. The molecule has 1 saturated carbocycles. The van der Waals surface area contributed by atoms with Crippen molar-refractivity contribution in [1.29, 1.82) is 0 Å². The van der Waals surface area contributed by atoms with E-state index in [1.165, 1.54) is 0 Å². The van der Waals surface area contributed by atoms with Gasteiger partial charge in [0, 0.05) is 70.0 Å². The highest BCUT2D eigenvalue weighted by molar-refractivity contribution is 5.83. The van der Waals surface area contributed by atoms with Crippen LogP contribution in [0, 0.1) is 23.7 Å². The van der Waals surface area contributed by atoms with Crippen molar-refractivity contribution in [1.82, 2.24) is 20.4 Å². The van der Waals surface area contributed by atoms with Crippen LogP contribution in [0.5, 0.6) is 0 Å². The van der Waals surface area contributed by atoms with Gasteiger partial charge in [-0.25, -0.2) is 0 Å². The van der Waals surface area contributed by atoms with E-state index >= 15 is 0 Å². The summed E-state index contributed by atoms with van der Waals surface area (Å²) in [7, 11) is 0. The highest BCUT2D eigenvalue weighted by Crippen LogP contribution is 2.37. The minimum Gasteiger partial charge on any atom is -0.381 e. The average molecular weight is 551 g/mol. The van der Waals surface area contributed by atoms with Crippen molar-refractivity contribution < 1.29 is 23.8 Å². The molecule has 224 valence electrons.